The second-order valence-electron chi connectivity index (χ2n) is 7.52. The molecule has 3 aromatic rings. The molecule has 168 valence electrons. The SMILES string of the molecule is CCn1c(SCC(=O)NCCc2ccccc2)nnc1[C@H](C)NC(=O)c1cccc(C)c1. The molecule has 2 amide bonds. The zero-order chi connectivity index (χ0) is 22.9. The third-order valence-electron chi connectivity index (χ3n) is 4.99. The summed E-state index contributed by atoms with van der Waals surface area (Å²) in [6, 6.07) is 17.2. The fourth-order valence-electron chi connectivity index (χ4n) is 3.33. The van der Waals surface area contributed by atoms with Crippen molar-refractivity contribution in [1.82, 2.24) is 25.4 Å². The van der Waals surface area contributed by atoms with Gasteiger partial charge in [0.05, 0.1) is 11.8 Å². The molecule has 32 heavy (non-hydrogen) atoms. The van der Waals surface area contributed by atoms with Crippen molar-refractivity contribution >= 4 is 23.6 Å². The average molecular weight is 452 g/mol. The minimum atomic E-state index is -0.315. The highest BCUT2D eigenvalue weighted by Gasteiger charge is 2.20. The van der Waals surface area contributed by atoms with Crippen LogP contribution in [-0.2, 0) is 17.8 Å². The van der Waals surface area contributed by atoms with Gasteiger partial charge in [0.1, 0.15) is 0 Å². The predicted octanol–water partition coefficient (Wildman–Crippen LogP) is 3.55. The van der Waals surface area contributed by atoms with Crippen LogP contribution in [0.15, 0.2) is 59.8 Å². The van der Waals surface area contributed by atoms with E-state index in [0.717, 1.165) is 12.0 Å². The Hall–Kier alpha value is -3.13. The summed E-state index contributed by atoms with van der Waals surface area (Å²) < 4.78 is 1.93. The van der Waals surface area contributed by atoms with E-state index in [4.69, 9.17) is 0 Å². The summed E-state index contributed by atoms with van der Waals surface area (Å²) in [6.45, 7) is 7.07. The van der Waals surface area contributed by atoms with Crippen molar-refractivity contribution in [1.29, 1.82) is 0 Å². The van der Waals surface area contributed by atoms with E-state index in [2.05, 4.69) is 20.8 Å². The van der Waals surface area contributed by atoms with Crippen LogP contribution >= 0.6 is 11.8 Å². The first kappa shape index (κ1) is 23.5. The Labute approximate surface area is 193 Å². The molecule has 0 saturated heterocycles. The van der Waals surface area contributed by atoms with E-state index in [1.165, 1.54) is 17.3 Å². The van der Waals surface area contributed by atoms with E-state index < -0.39 is 0 Å². The summed E-state index contributed by atoms with van der Waals surface area (Å²) in [5.41, 5.74) is 2.83. The smallest absolute Gasteiger partial charge is 0.251 e. The van der Waals surface area contributed by atoms with Crippen LogP contribution in [0.2, 0.25) is 0 Å². The molecule has 1 aromatic heterocycles. The normalized spacial score (nSPS) is 11.7. The molecule has 0 bridgehead atoms. The van der Waals surface area contributed by atoms with Gasteiger partial charge in [0.2, 0.25) is 5.91 Å². The monoisotopic (exact) mass is 451 g/mol. The number of nitrogens with one attached hydrogen (secondary N) is 2. The molecular weight excluding hydrogens is 422 g/mol. The fraction of sp³-hybridized carbons (Fsp3) is 0.333. The minimum absolute atomic E-state index is 0.0427. The minimum Gasteiger partial charge on any atom is -0.355 e. The summed E-state index contributed by atoms with van der Waals surface area (Å²) in [5, 5.41) is 15.1. The molecule has 2 aromatic carbocycles. The molecule has 0 aliphatic carbocycles. The molecule has 1 atom stereocenters. The summed E-state index contributed by atoms with van der Waals surface area (Å²) in [7, 11) is 0. The van der Waals surface area contributed by atoms with Gasteiger partial charge in [-0.05, 0) is 44.9 Å². The van der Waals surface area contributed by atoms with Gasteiger partial charge in [0, 0.05) is 18.7 Å². The van der Waals surface area contributed by atoms with E-state index in [0.29, 0.717) is 29.6 Å². The molecule has 2 N–H and O–H groups in total. The quantitative estimate of drug-likeness (QED) is 0.460. The molecule has 0 aliphatic heterocycles. The molecule has 7 nitrogen and oxygen atoms in total. The van der Waals surface area contributed by atoms with Crippen molar-refractivity contribution in [3.63, 3.8) is 0 Å². The van der Waals surface area contributed by atoms with Crippen LogP contribution in [0.3, 0.4) is 0 Å². The maximum Gasteiger partial charge on any atom is 0.251 e. The first-order valence-electron chi connectivity index (χ1n) is 10.7. The number of thioether (sulfide) groups is 1. The van der Waals surface area contributed by atoms with Crippen LogP contribution in [0.5, 0.6) is 0 Å². The van der Waals surface area contributed by atoms with Gasteiger partial charge in [-0.3, -0.25) is 9.59 Å². The van der Waals surface area contributed by atoms with Gasteiger partial charge in [0.15, 0.2) is 11.0 Å². The highest BCUT2D eigenvalue weighted by atomic mass is 32.2. The second-order valence-corrected chi connectivity index (χ2v) is 8.47. The Morgan fingerprint density at radius 3 is 2.59 bits per heavy atom. The lowest BCUT2D eigenvalue weighted by atomic mass is 10.1. The van der Waals surface area contributed by atoms with Crippen LogP contribution in [-0.4, -0.2) is 38.9 Å². The molecule has 0 unspecified atom stereocenters. The number of carbonyl (C=O) groups excluding carboxylic acids is 2. The Kier molecular flexibility index (Phi) is 8.44. The molecule has 0 saturated carbocycles. The first-order valence-corrected chi connectivity index (χ1v) is 11.7. The lowest BCUT2D eigenvalue weighted by Gasteiger charge is -2.15. The summed E-state index contributed by atoms with van der Waals surface area (Å²) in [5.74, 6) is 0.731. The highest BCUT2D eigenvalue weighted by molar-refractivity contribution is 7.99. The van der Waals surface area contributed by atoms with E-state index in [-0.39, 0.29) is 23.6 Å². The maximum atomic E-state index is 12.6. The number of amides is 2. The van der Waals surface area contributed by atoms with Crippen molar-refractivity contribution in [3.8, 4) is 0 Å². The predicted molar refractivity (Wildman–Crippen MR) is 127 cm³/mol. The third kappa shape index (κ3) is 6.43. The zero-order valence-corrected chi connectivity index (χ0v) is 19.5. The largest absolute Gasteiger partial charge is 0.355 e. The second kappa shape index (κ2) is 11.5. The molecule has 0 spiro atoms. The van der Waals surface area contributed by atoms with Gasteiger partial charge in [-0.25, -0.2) is 0 Å². The Morgan fingerprint density at radius 1 is 1.09 bits per heavy atom. The molecule has 0 aliphatic rings. The van der Waals surface area contributed by atoms with Gasteiger partial charge >= 0.3 is 0 Å². The number of nitrogens with zero attached hydrogens (tertiary/aromatic N) is 3. The van der Waals surface area contributed by atoms with Crippen molar-refractivity contribution in [2.24, 2.45) is 0 Å². The van der Waals surface area contributed by atoms with E-state index in [1.807, 2.05) is 73.9 Å². The van der Waals surface area contributed by atoms with Crippen LogP contribution in [0.4, 0.5) is 0 Å². The van der Waals surface area contributed by atoms with Crippen molar-refractivity contribution in [2.75, 3.05) is 12.3 Å². The lowest BCUT2D eigenvalue weighted by molar-refractivity contribution is -0.118. The number of aromatic nitrogens is 3. The standard InChI is InChI=1S/C24H29N5O2S/c1-4-29-22(18(3)26-23(31)20-12-8-9-17(2)15-20)27-28-24(29)32-16-21(30)25-14-13-19-10-6-5-7-11-19/h5-12,15,18H,4,13-14,16H2,1-3H3,(H,25,30)(H,26,31)/t18-/m0/s1. The van der Waals surface area contributed by atoms with Gasteiger partial charge in [-0.1, -0.05) is 59.8 Å². The van der Waals surface area contributed by atoms with Crippen LogP contribution < -0.4 is 10.6 Å². The fourth-order valence-corrected chi connectivity index (χ4v) is 4.17. The maximum absolute atomic E-state index is 12.6. The Balaban J connectivity index is 1.53. The van der Waals surface area contributed by atoms with Crippen molar-refractivity contribution < 1.29 is 9.59 Å². The molecule has 0 radical (unpaired) electrons. The topological polar surface area (TPSA) is 88.9 Å². The lowest BCUT2D eigenvalue weighted by Crippen LogP contribution is -2.29. The summed E-state index contributed by atoms with van der Waals surface area (Å²) in [6.07, 6.45) is 0.796. The number of hydrogen-bond donors (Lipinski definition) is 2. The van der Waals surface area contributed by atoms with Gasteiger partial charge in [-0.2, -0.15) is 0 Å². The van der Waals surface area contributed by atoms with Gasteiger partial charge in [-0.15, -0.1) is 10.2 Å². The van der Waals surface area contributed by atoms with Gasteiger partial charge in [0.25, 0.3) is 5.91 Å². The van der Waals surface area contributed by atoms with E-state index in [1.54, 1.807) is 6.07 Å². The summed E-state index contributed by atoms with van der Waals surface area (Å²) in [4.78, 5) is 24.8. The molecule has 1 heterocycles. The Morgan fingerprint density at radius 2 is 1.88 bits per heavy atom. The van der Waals surface area contributed by atoms with Crippen LogP contribution in [0, 0.1) is 6.92 Å². The third-order valence-corrected chi connectivity index (χ3v) is 5.95. The van der Waals surface area contributed by atoms with Crippen LogP contribution in [0.25, 0.3) is 0 Å². The number of aryl methyl sites for hydroxylation is 1. The van der Waals surface area contributed by atoms with E-state index in [9.17, 15) is 9.59 Å². The zero-order valence-electron chi connectivity index (χ0n) is 18.7. The molecule has 0 fully saturated rings. The average Bonchev–Trinajstić information content (AvgIpc) is 3.21. The van der Waals surface area contributed by atoms with Crippen molar-refractivity contribution in [3.05, 3.63) is 77.1 Å². The number of hydrogen-bond acceptors (Lipinski definition) is 5. The molecular formula is C24H29N5O2S. The van der Waals surface area contributed by atoms with Crippen molar-refractivity contribution in [2.45, 2.75) is 44.9 Å². The number of benzene rings is 2. The van der Waals surface area contributed by atoms with Gasteiger partial charge < -0.3 is 15.2 Å². The first-order chi connectivity index (χ1) is 15.5. The number of carbonyl (C=O) groups is 2. The highest BCUT2D eigenvalue weighted by Crippen LogP contribution is 2.21. The summed E-state index contributed by atoms with van der Waals surface area (Å²) >= 11 is 1.35. The molecule has 8 heteroatoms. The Bertz CT molecular complexity index is 1050. The van der Waals surface area contributed by atoms with Crippen LogP contribution in [0.1, 0.15) is 47.2 Å². The van der Waals surface area contributed by atoms with E-state index >= 15 is 0 Å². The molecule has 3 rings (SSSR count). The number of rotatable bonds is 10.